The van der Waals surface area contributed by atoms with Gasteiger partial charge in [-0.3, -0.25) is 4.79 Å². The van der Waals surface area contributed by atoms with Crippen molar-refractivity contribution in [3.8, 4) is 0 Å². The molecular formula is C17H24N4O6S. The van der Waals surface area contributed by atoms with Crippen LogP contribution >= 0.6 is 0 Å². The van der Waals surface area contributed by atoms with E-state index in [4.69, 9.17) is 4.74 Å². The Kier molecular flexibility index (Phi) is 7.76. The van der Waals surface area contributed by atoms with Gasteiger partial charge in [-0.2, -0.15) is 4.31 Å². The van der Waals surface area contributed by atoms with E-state index in [1.54, 1.807) is 6.92 Å². The summed E-state index contributed by atoms with van der Waals surface area (Å²) in [6.07, 6.45) is 0.451. The number of ether oxygens (including phenoxy) is 1. The zero-order valence-corrected chi connectivity index (χ0v) is 16.4. The van der Waals surface area contributed by atoms with E-state index in [1.807, 2.05) is 0 Å². The first kappa shape index (κ1) is 21.6. The molecule has 1 fully saturated rings. The Morgan fingerprint density at radius 1 is 1.21 bits per heavy atom. The van der Waals surface area contributed by atoms with Crippen molar-refractivity contribution in [2.24, 2.45) is 0 Å². The highest BCUT2D eigenvalue weighted by atomic mass is 32.2. The molecule has 0 atom stereocenters. The van der Waals surface area contributed by atoms with Crippen LogP contribution in [0.1, 0.15) is 23.7 Å². The summed E-state index contributed by atoms with van der Waals surface area (Å²) in [5, 5.41) is 7.76. The van der Waals surface area contributed by atoms with Gasteiger partial charge in [0.05, 0.1) is 23.6 Å². The maximum absolute atomic E-state index is 12.5. The number of nitrogens with zero attached hydrogens (tertiary/aromatic N) is 1. The molecule has 1 aliphatic rings. The average molecular weight is 412 g/mol. The van der Waals surface area contributed by atoms with Gasteiger partial charge in [0.15, 0.2) is 0 Å². The highest BCUT2D eigenvalue weighted by molar-refractivity contribution is 7.89. The van der Waals surface area contributed by atoms with E-state index in [9.17, 15) is 22.8 Å². The largest absolute Gasteiger partial charge is 0.462 e. The van der Waals surface area contributed by atoms with Gasteiger partial charge in [-0.05, 0) is 37.6 Å². The Labute approximate surface area is 163 Å². The summed E-state index contributed by atoms with van der Waals surface area (Å²) in [4.78, 5) is 34.6. The van der Waals surface area contributed by atoms with Crippen LogP contribution in [0.5, 0.6) is 0 Å². The minimum absolute atomic E-state index is 0.00452. The third kappa shape index (κ3) is 5.92. The Balaban J connectivity index is 1.85. The lowest BCUT2D eigenvalue weighted by molar-refractivity contribution is -0.122. The van der Waals surface area contributed by atoms with Gasteiger partial charge in [-0.25, -0.2) is 18.0 Å². The van der Waals surface area contributed by atoms with Crippen LogP contribution in [0, 0.1) is 0 Å². The number of carbonyl (C=O) groups excluding carboxylic acids is 3. The summed E-state index contributed by atoms with van der Waals surface area (Å²) in [6, 6.07) is 5.08. The van der Waals surface area contributed by atoms with Gasteiger partial charge in [0.2, 0.25) is 15.9 Å². The number of hydrogen-bond donors (Lipinski definition) is 3. The van der Waals surface area contributed by atoms with Crippen LogP contribution in [0.25, 0.3) is 0 Å². The second kappa shape index (κ2) is 10.0. The van der Waals surface area contributed by atoms with E-state index in [1.165, 1.54) is 24.3 Å². The lowest BCUT2D eigenvalue weighted by Gasteiger charge is -2.25. The maximum Gasteiger partial charge on any atom is 0.338 e. The Hall–Kier alpha value is -2.66. The number of sulfonamides is 1. The molecule has 0 aliphatic carbocycles. The fourth-order valence-corrected chi connectivity index (χ4v) is 3.87. The molecule has 1 aromatic rings. The zero-order valence-electron chi connectivity index (χ0n) is 15.6. The molecule has 28 heavy (non-hydrogen) atoms. The molecule has 11 heteroatoms. The highest BCUT2D eigenvalue weighted by Gasteiger charge is 2.29. The van der Waals surface area contributed by atoms with Gasteiger partial charge < -0.3 is 20.7 Å². The average Bonchev–Trinajstić information content (AvgIpc) is 2.68. The van der Waals surface area contributed by atoms with Crippen molar-refractivity contribution in [3.05, 3.63) is 29.8 Å². The van der Waals surface area contributed by atoms with E-state index < -0.39 is 16.0 Å². The summed E-state index contributed by atoms with van der Waals surface area (Å²) >= 11 is 0. The lowest BCUT2D eigenvalue weighted by Crippen LogP contribution is -2.49. The van der Waals surface area contributed by atoms with Gasteiger partial charge in [-0.1, -0.05) is 0 Å². The van der Waals surface area contributed by atoms with Gasteiger partial charge in [0.25, 0.3) is 0 Å². The fourth-order valence-electron chi connectivity index (χ4n) is 2.48. The van der Waals surface area contributed by atoms with E-state index in [0.717, 1.165) is 4.31 Å². The quantitative estimate of drug-likeness (QED) is 0.396. The number of nitrogens with one attached hydrogen (secondary N) is 3. The number of esters is 1. The Morgan fingerprint density at radius 2 is 1.93 bits per heavy atom. The van der Waals surface area contributed by atoms with Crippen LogP contribution in [-0.2, 0) is 19.6 Å². The van der Waals surface area contributed by atoms with Crippen LogP contribution in [0.15, 0.2) is 29.2 Å². The van der Waals surface area contributed by atoms with Gasteiger partial charge in [0.1, 0.15) is 0 Å². The molecule has 0 aromatic heterocycles. The summed E-state index contributed by atoms with van der Waals surface area (Å²) in [5.74, 6) is -0.934. The SMILES string of the molecule is CCNC(=O)NCCCOC(=O)c1ccc(S(=O)(=O)N2CCNC(=O)C2)cc1. The van der Waals surface area contributed by atoms with Crippen molar-refractivity contribution in [2.45, 2.75) is 18.2 Å². The topological polar surface area (TPSA) is 134 Å². The molecule has 0 unspecified atom stereocenters. The van der Waals surface area contributed by atoms with Gasteiger partial charge in [0, 0.05) is 26.2 Å². The fraction of sp³-hybridized carbons (Fsp3) is 0.471. The van der Waals surface area contributed by atoms with Crippen molar-refractivity contribution in [2.75, 3.05) is 39.3 Å². The second-order valence-electron chi connectivity index (χ2n) is 5.99. The number of rotatable bonds is 8. The number of piperazine rings is 1. The predicted octanol–water partition coefficient (Wildman–Crippen LogP) is -0.327. The molecule has 1 heterocycles. The lowest BCUT2D eigenvalue weighted by atomic mass is 10.2. The van der Waals surface area contributed by atoms with Gasteiger partial charge >= 0.3 is 12.0 Å². The first-order valence-electron chi connectivity index (χ1n) is 8.90. The van der Waals surface area contributed by atoms with Crippen LogP contribution in [0.4, 0.5) is 4.79 Å². The first-order chi connectivity index (χ1) is 13.3. The summed E-state index contributed by atoms with van der Waals surface area (Å²) in [6.45, 7) is 3.04. The maximum atomic E-state index is 12.5. The standard InChI is InChI=1S/C17H24N4O6S/c1-2-18-17(24)20-8-3-11-27-16(23)13-4-6-14(7-5-13)28(25,26)21-10-9-19-15(22)12-21/h4-7H,2-3,8-12H2,1H3,(H,19,22)(H2,18,20,24). The van der Waals surface area contributed by atoms with Crippen LogP contribution < -0.4 is 16.0 Å². The van der Waals surface area contributed by atoms with Crippen molar-refractivity contribution < 1.29 is 27.5 Å². The van der Waals surface area contributed by atoms with Crippen molar-refractivity contribution in [1.82, 2.24) is 20.3 Å². The van der Waals surface area contributed by atoms with Crippen molar-refractivity contribution in [1.29, 1.82) is 0 Å². The van der Waals surface area contributed by atoms with E-state index >= 15 is 0 Å². The van der Waals surface area contributed by atoms with E-state index in [2.05, 4.69) is 16.0 Å². The molecule has 10 nitrogen and oxygen atoms in total. The molecule has 3 amide bonds. The molecule has 1 aromatic carbocycles. The monoisotopic (exact) mass is 412 g/mol. The third-order valence-corrected chi connectivity index (χ3v) is 5.77. The van der Waals surface area contributed by atoms with Crippen LogP contribution in [0.3, 0.4) is 0 Å². The summed E-state index contributed by atoms with van der Waals surface area (Å²) in [5.41, 5.74) is 0.215. The number of benzene rings is 1. The smallest absolute Gasteiger partial charge is 0.338 e. The summed E-state index contributed by atoms with van der Waals surface area (Å²) < 4.78 is 31.3. The number of hydrogen-bond acceptors (Lipinski definition) is 6. The van der Waals surface area contributed by atoms with E-state index in [0.29, 0.717) is 19.5 Å². The third-order valence-electron chi connectivity index (χ3n) is 3.91. The van der Waals surface area contributed by atoms with E-state index in [-0.39, 0.29) is 48.6 Å². The Bertz CT molecular complexity index is 809. The first-order valence-corrected chi connectivity index (χ1v) is 10.3. The van der Waals surface area contributed by atoms with Crippen molar-refractivity contribution >= 4 is 27.9 Å². The van der Waals surface area contributed by atoms with Crippen molar-refractivity contribution in [3.63, 3.8) is 0 Å². The molecule has 0 radical (unpaired) electrons. The zero-order chi connectivity index (χ0) is 20.6. The molecule has 0 saturated carbocycles. The molecular weight excluding hydrogens is 388 g/mol. The molecule has 1 aliphatic heterocycles. The minimum Gasteiger partial charge on any atom is -0.462 e. The number of amides is 3. The highest BCUT2D eigenvalue weighted by Crippen LogP contribution is 2.17. The number of urea groups is 1. The Morgan fingerprint density at radius 3 is 2.57 bits per heavy atom. The molecule has 1 saturated heterocycles. The molecule has 3 N–H and O–H groups in total. The van der Waals surface area contributed by atoms with Crippen LogP contribution in [-0.4, -0.2) is 70.0 Å². The summed E-state index contributed by atoms with van der Waals surface area (Å²) in [7, 11) is -3.80. The normalized spacial score (nSPS) is 14.8. The molecule has 0 spiro atoms. The van der Waals surface area contributed by atoms with Crippen LogP contribution in [0.2, 0.25) is 0 Å². The molecule has 2 rings (SSSR count). The molecule has 154 valence electrons. The number of carbonyl (C=O) groups is 3. The second-order valence-corrected chi connectivity index (χ2v) is 7.93. The minimum atomic E-state index is -3.80. The van der Waals surface area contributed by atoms with Gasteiger partial charge in [-0.15, -0.1) is 0 Å². The predicted molar refractivity (Wildman–Crippen MR) is 100 cm³/mol. The molecule has 0 bridgehead atoms.